The number of carbonyl (C=O) groups excluding carboxylic acids is 5. The van der Waals surface area contributed by atoms with Crippen molar-refractivity contribution < 1.29 is 52.8 Å². The minimum Gasteiger partial charge on any atom is -0.507 e. The van der Waals surface area contributed by atoms with E-state index in [9.17, 15) is 29.1 Å². The molecule has 0 spiro atoms. The van der Waals surface area contributed by atoms with Crippen LogP contribution in [0.5, 0.6) is 5.75 Å². The van der Waals surface area contributed by atoms with Crippen LogP contribution in [0.15, 0.2) is 18.2 Å². The zero-order chi connectivity index (χ0) is 30.7. The van der Waals surface area contributed by atoms with Crippen LogP contribution in [0, 0.1) is 0 Å². The van der Waals surface area contributed by atoms with Gasteiger partial charge in [-0.15, -0.1) is 0 Å². The van der Waals surface area contributed by atoms with Gasteiger partial charge in [0.1, 0.15) is 28.3 Å². The van der Waals surface area contributed by atoms with Crippen molar-refractivity contribution >= 4 is 29.8 Å². The monoisotopic (exact) mass is 570 g/mol. The molecule has 7 N–H and O–H groups in total. The quantitative estimate of drug-likeness (QED) is 0.0642. The fourth-order valence-corrected chi connectivity index (χ4v) is 3.64. The van der Waals surface area contributed by atoms with E-state index in [1.165, 1.54) is 32.9 Å². The molecule has 0 aromatic heterocycles. The Morgan fingerprint density at radius 2 is 1.52 bits per heavy atom. The molecule has 1 aromatic rings. The average molecular weight is 571 g/mol. The summed E-state index contributed by atoms with van der Waals surface area (Å²) in [5.74, 6) is 5.90. The number of Topliss-reactive ketones (excluding diaryl/α,β-unsaturated/α-hetero) is 1. The summed E-state index contributed by atoms with van der Waals surface area (Å²) in [6, 6.07) is 3.65. The Kier molecular flexibility index (Phi) is 12.9. The van der Waals surface area contributed by atoms with E-state index in [2.05, 4.69) is 15.6 Å². The summed E-state index contributed by atoms with van der Waals surface area (Å²) in [6.45, 7) is 8.48. The molecule has 0 saturated heterocycles. The molecule has 4 atom stereocenters. The fraction of sp³-hybridized carbons (Fsp3) is 0.560. The number of nitrogens with one attached hydrogen (secondary N) is 2. The number of ether oxygens (including phenoxy) is 5. The lowest BCUT2D eigenvalue weighted by molar-refractivity contribution is -0.176. The second kappa shape index (κ2) is 15.1. The van der Waals surface area contributed by atoms with E-state index in [1.807, 2.05) is 0 Å². The number of carbonyl (C=O) groups is 5. The summed E-state index contributed by atoms with van der Waals surface area (Å²) in [5.41, 5.74) is 0.552. The van der Waals surface area contributed by atoms with Crippen LogP contribution in [0.25, 0.3) is 0 Å². The van der Waals surface area contributed by atoms with Gasteiger partial charge in [0.15, 0.2) is 5.78 Å². The van der Waals surface area contributed by atoms with Gasteiger partial charge in [-0.05, 0) is 52.3 Å². The first kappa shape index (κ1) is 34.2. The van der Waals surface area contributed by atoms with Crippen LogP contribution in [0.1, 0.15) is 69.8 Å². The number of phenolic OH excluding ortho intramolecular Hbond substituents is 1. The van der Waals surface area contributed by atoms with E-state index in [0.29, 0.717) is 0 Å². The summed E-state index contributed by atoms with van der Waals surface area (Å²) in [6.07, 6.45) is -3.14. The molecule has 0 radical (unpaired) electrons. The van der Waals surface area contributed by atoms with Gasteiger partial charge < -0.3 is 28.8 Å². The second-order valence-corrected chi connectivity index (χ2v) is 8.88. The van der Waals surface area contributed by atoms with Crippen molar-refractivity contribution in [3.05, 3.63) is 29.3 Å². The predicted octanol–water partition coefficient (Wildman–Crippen LogP) is 0.681. The van der Waals surface area contributed by atoms with E-state index in [-0.39, 0.29) is 30.9 Å². The zero-order valence-electron chi connectivity index (χ0n) is 23.4. The third kappa shape index (κ3) is 8.35. The molecular formula is C25H38N4O11. The van der Waals surface area contributed by atoms with Crippen molar-refractivity contribution in [1.29, 1.82) is 0 Å². The molecular weight excluding hydrogens is 532 g/mol. The highest BCUT2D eigenvalue weighted by atomic mass is 16.8. The van der Waals surface area contributed by atoms with Gasteiger partial charge in [0.25, 0.3) is 0 Å². The first-order chi connectivity index (χ1) is 18.7. The Hall–Kier alpha value is -3.79. The van der Waals surface area contributed by atoms with Crippen LogP contribution < -0.4 is 22.5 Å². The van der Waals surface area contributed by atoms with Gasteiger partial charge in [-0.2, -0.15) is 0 Å². The Bertz CT molecular complexity index is 1080. The van der Waals surface area contributed by atoms with Gasteiger partial charge in [-0.1, -0.05) is 6.07 Å². The van der Waals surface area contributed by atoms with Gasteiger partial charge in [0.05, 0.1) is 19.8 Å². The van der Waals surface area contributed by atoms with Crippen LogP contribution in [0.4, 0.5) is 4.79 Å². The Morgan fingerprint density at radius 3 is 2.05 bits per heavy atom. The highest BCUT2D eigenvalue weighted by molar-refractivity contribution is 6.00. The van der Waals surface area contributed by atoms with Crippen LogP contribution in [-0.4, -0.2) is 72.1 Å². The van der Waals surface area contributed by atoms with E-state index in [4.69, 9.17) is 30.6 Å². The van der Waals surface area contributed by atoms with Crippen molar-refractivity contribution in [2.75, 3.05) is 19.8 Å². The third-order valence-electron chi connectivity index (χ3n) is 5.91. The van der Waals surface area contributed by atoms with E-state index >= 15 is 0 Å². The molecule has 0 aliphatic carbocycles. The lowest BCUT2D eigenvalue weighted by Gasteiger charge is -2.37. The summed E-state index contributed by atoms with van der Waals surface area (Å²) < 4.78 is 24.7. The van der Waals surface area contributed by atoms with E-state index in [1.54, 1.807) is 20.8 Å². The Labute approximate surface area is 231 Å². The van der Waals surface area contributed by atoms with Gasteiger partial charge in [0, 0.05) is 13.3 Å². The molecule has 15 nitrogen and oxygen atoms in total. The summed E-state index contributed by atoms with van der Waals surface area (Å²) in [5, 5.41) is 10.2. The molecule has 0 aliphatic heterocycles. The molecule has 0 bridgehead atoms. The number of benzene rings is 1. The summed E-state index contributed by atoms with van der Waals surface area (Å²) in [4.78, 5) is 63.7. The minimum atomic E-state index is -1.94. The van der Waals surface area contributed by atoms with Gasteiger partial charge in [0.2, 0.25) is 6.29 Å². The predicted molar refractivity (Wildman–Crippen MR) is 138 cm³/mol. The number of phenols is 1. The van der Waals surface area contributed by atoms with Crippen molar-refractivity contribution in [2.24, 2.45) is 11.7 Å². The van der Waals surface area contributed by atoms with Crippen molar-refractivity contribution in [3.8, 4) is 5.75 Å². The Morgan fingerprint density at radius 1 is 0.925 bits per heavy atom. The number of hydrogen-bond acceptors (Lipinski definition) is 15. The summed E-state index contributed by atoms with van der Waals surface area (Å²) >= 11 is 0. The topological polar surface area (TPSA) is 228 Å². The largest absolute Gasteiger partial charge is 0.511 e. The number of hydrazine groups is 2. The fourth-order valence-electron chi connectivity index (χ4n) is 3.64. The molecule has 0 heterocycles. The van der Waals surface area contributed by atoms with Crippen LogP contribution in [0.2, 0.25) is 0 Å². The van der Waals surface area contributed by atoms with Crippen LogP contribution in [-0.2, 0) is 38.1 Å². The average Bonchev–Trinajstić information content (AvgIpc) is 2.89. The number of hydrogen-bond donors (Lipinski definition) is 5. The smallest absolute Gasteiger partial charge is 0.507 e. The van der Waals surface area contributed by atoms with Gasteiger partial charge in [-0.25, -0.2) is 25.2 Å². The number of nitrogens with two attached hydrogens (primary N) is 2. The molecule has 1 aromatic carbocycles. The first-order valence-electron chi connectivity index (χ1n) is 12.4. The highest BCUT2D eigenvalue weighted by Crippen LogP contribution is 2.35. The van der Waals surface area contributed by atoms with Gasteiger partial charge >= 0.3 is 24.1 Å². The van der Waals surface area contributed by atoms with E-state index in [0.717, 1.165) is 6.07 Å². The molecule has 40 heavy (non-hydrogen) atoms. The molecule has 0 fully saturated rings. The van der Waals surface area contributed by atoms with Crippen LogP contribution >= 0.6 is 0 Å². The normalized spacial score (nSPS) is 15.4. The standard InChI is InChI=1S/C25H38N4O11/c1-7-36-20(32)16-12-15(10-11-17(16)30)19(21(33)37-8-2)25(6,29-27)18(31)13-24(5,28-26)22(34)39-14(4)40-23(35)38-9-3/h10-12,14,19,28-30H,7-9,13,26-27H2,1-6H3/t14-,19+,24-,25+/m0/s1. The van der Waals surface area contributed by atoms with Crippen LogP contribution in [0.3, 0.4) is 0 Å². The number of ketones is 1. The first-order valence-corrected chi connectivity index (χ1v) is 12.4. The van der Waals surface area contributed by atoms with Crippen molar-refractivity contribution in [3.63, 3.8) is 0 Å². The van der Waals surface area contributed by atoms with E-state index < -0.39 is 65.3 Å². The maximum atomic E-state index is 13.7. The zero-order valence-corrected chi connectivity index (χ0v) is 23.4. The maximum Gasteiger partial charge on any atom is 0.511 e. The number of rotatable bonds is 15. The van der Waals surface area contributed by atoms with Gasteiger partial charge in [-0.3, -0.25) is 21.3 Å². The van der Waals surface area contributed by atoms with Crippen molar-refractivity contribution in [1.82, 2.24) is 10.9 Å². The molecule has 0 saturated carbocycles. The van der Waals surface area contributed by atoms with Crippen molar-refractivity contribution in [2.45, 2.75) is 71.2 Å². The molecule has 224 valence electrons. The molecule has 1 rings (SSSR count). The number of aromatic hydroxyl groups is 1. The minimum absolute atomic E-state index is 0.0224. The highest BCUT2D eigenvalue weighted by Gasteiger charge is 2.50. The molecule has 0 unspecified atom stereocenters. The molecule has 0 aliphatic rings. The maximum absolute atomic E-state index is 13.7. The second-order valence-electron chi connectivity index (χ2n) is 8.88. The Balaban J connectivity index is 3.44. The molecule has 15 heteroatoms. The summed E-state index contributed by atoms with van der Waals surface area (Å²) in [7, 11) is 0. The molecule has 0 amide bonds. The lowest BCUT2D eigenvalue weighted by Crippen LogP contribution is -2.63. The number of esters is 3. The third-order valence-corrected chi connectivity index (χ3v) is 5.91. The SMILES string of the molecule is CCOC(=O)O[C@@H](C)OC(=O)[C@](C)(CC(=O)[C@@](C)(NN)[C@@H](C(=O)OCC)c1ccc(O)c(C(=O)OCC)c1)NN. The lowest BCUT2D eigenvalue weighted by atomic mass is 9.74.